The lowest BCUT2D eigenvalue weighted by molar-refractivity contribution is 0.411. The van der Waals surface area contributed by atoms with Crippen LogP contribution in [-0.2, 0) is 0 Å². The van der Waals surface area contributed by atoms with Crippen LogP contribution in [-0.4, -0.2) is 30.2 Å². The highest BCUT2D eigenvalue weighted by Crippen LogP contribution is 2.34. The third-order valence-electron chi connectivity index (χ3n) is 3.11. The second-order valence-corrected chi connectivity index (χ2v) is 4.39. The number of aromatic nitrogens is 2. The minimum absolute atomic E-state index is 0.382. The third kappa shape index (κ3) is 2.07. The van der Waals surface area contributed by atoms with Crippen LogP contribution in [0, 0.1) is 5.92 Å². The van der Waals surface area contributed by atoms with Crippen LogP contribution in [0.5, 0.6) is 5.75 Å². The van der Waals surface area contributed by atoms with Crippen molar-refractivity contribution in [3.63, 3.8) is 0 Å². The molecule has 88 valence electrons. The molecule has 1 aromatic heterocycles. The molecule has 0 aliphatic carbocycles. The average Bonchev–Trinajstić information content (AvgIpc) is 2.77. The van der Waals surface area contributed by atoms with E-state index in [9.17, 15) is 0 Å². The predicted molar refractivity (Wildman–Crippen MR) is 64.2 cm³/mol. The van der Waals surface area contributed by atoms with Crippen LogP contribution in [0.15, 0.2) is 6.33 Å². The molecule has 2 heterocycles. The van der Waals surface area contributed by atoms with E-state index in [1.54, 1.807) is 7.11 Å². The van der Waals surface area contributed by atoms with Crippen molar-refractivity contribution < 1.29 is 4.74 Å². The highest BCUT2D eigenvalue weighted by atomic mass is 35.5. The van der Waals surface area contributed by atoms with E-state index >= 15 is 0 Å². The van der Waals surface area contributed by atoms with Crippen LogP contribution < -0.4 is 9.64 Å². The fourth-order valence-electron chi connectivity index (χ4n) is 2.10. The lowest BCUT2D eigenvalue weighted by Crippen LogP contribution is -2.21. The van der Waals surface area contributed by atoms with Crippen molar-refractivity contribution in [2.75, 3.05) is 25.1 Å². The van der Waals surface area contributed by atoms with Gasteiger partial charge in [-0.05, 0) is 12.3 Å². The molecule has 1 atom stereocenters. The second-order valence-electron chi connectivity index (χ2n) is 4.03. The molecule has 0 radical (unpaired) electrons. The molecule has 0 saturated carbocycles. The number of hydrogen-bond acceptors (Lipinski definition) is 4. The monoisotopic (exact) mass is 241 g/mol. The normalized spacial score (nSPS) is 20.2. The lowest BCUT2D eigenvalue weighted by atomic mass is 10.1. The molecule has 4 nitrogen and oxygen atoms in total. The van der Waals surface area contributed by atoms with Gasteiger partial charge in [-0.15, -0.1) is 0 Å². The topological polar surface area (TPSA) is 38.2 Å². The number of halogens is 1. The zero-order valence-electron chi connectivity index (χ0n) is 9.61. The van der Waals surface area contributed by atoms with Gasteiger partial charge in [0.1, 0.15) is 6.33 Å². The average molecular weight is 242 g/mol. The summed E-state index contributed by atoms with van der Waals surface area (Å²) >= 11 is 5.98. The van der Waals surface area contributed by atoms with Crippen LogP contribution in [0.1, 0.15) is 19.8 Å². The van der Waals surface area contributed by atoms with Gasteiger partial charge in [-0.2, -0.15) is 0 Å². The first-order valence-corrected chi connectivity index (χ1v) is 5.93. The van der Waals surface area contributed by atoms with Crippen LogP contribution in [0.3, 0.4) is 0 Å². The van der Waals surface area contributed by atoms with Gasteiger partial charge in [0.15, 0.2) is 16.7 Å². The van der Waals surface area contributed by atoms with Gasteiger partial charge in [0, 0.05) is 13.1 Å². The van der Waals surface area contributed by atoms with Gasteiger partial charge in [-0.1, -0.05) is 24.9 Å². The predicted octanol–water partition coefficient (Wildman–Crippen LogP) is 2.37. The lowest BCUT2D eigenvalue weighted by Gasteiger charge is -2.19. The summed E-state index contributed by atoms with van der Waals surface area (Å²) in [4.78, 5) is 10.4. The Morgan fingerprint density at radius 2 is 2.38 bits per heavy atom. The largest absolute Gasteiger partial charge is 0.490 e. The summed E-state index contributed by atoms with van der Waals surface area (Å²) in [5.74, 6) is 2.15. The van der Waals surface area contributed by atoms with Gasteiger partial charge in [0.05, 0.1) is 7.11 Å². The van der Waals surface area contributed by atoms with Gasteiger partial charge >= 0.3 is 0 Å². The van der Waals surface area contributed by atoms with Gasteiger partial charge in [-0.3, -0.25) is 0 Å². The van der Waals surface area contributed by atoms with E-state index in [0.717, 1.165) is 24.8 Å². The number of nitrogens with zero attached hydrogens (tertiary/aromatic N) is 3. The highest BCUT2D eigenvalue weighted by Gasteiger charge is 2.25. The van der Waals surface area contributed by atoms with Gasteiger partial charge < -0.3 is 9.64 Å². The number of ether oxygens (including phenoxy) is 1. The van der Waals surface area contributed by atoms with Crippen molar-refractivity contribution in [1.82, 2.24) is 9.97 Å². The Bertz CT molecular complexity index is 372. The van der Waals surface area contributed by atoms with E-state index in [1.165, 1.54) is 19.2 Å². The molecular formula is C11H16ClN3O. The van der Waals surface area contributed by atoms with Crippen LogP contribution >= 0.6 is 11.6 Å². The smallest absolute Gasteiger partial charge is 0.199 e. The SMILES string of the molecule is CCC1CCN(c2ncnc(Cl)c2OC)C1. The summed E-state index contributed by atoms with van der Waals surface area (Å²) in [5, 5.41) is 0.382. The maximum Gasteiger partial charge on any atom is 0.199 e. The van der Waals surface area contributed by atoms with Crippen LogP contribution in [0.2, 0.25) is 5.15 Å². The molecule has 1 unspecified atom stereocenters. The Labute approximate surface area is 101 Å². The van der Waals surface area contributed by atoms with E-state index in [0.29, 0.717) is 10.9 Å². The Hall–Kier alpha value is -1.03. The Morgan fingerprint density at radius 1 is 1.56 bits per heavy atom. The molecule has 1 aromatic rings. The first kappa shape index (κ1) is 11.5. The summed E-state index contributed by atoms with van der Waals surface area (Å²) in [5.41, 5.74) is 0. The molecule has 1 aliphatic rings. The standard InChI is InChI=1S/C11H16ClN3O/c1-3-8-4-5-15(6-8)11-9(16-2)10(12)13-7-14-11/h7-8H,3-6H2,1-2H3. The molecule has 16 heavy (non-hydrogen) atoms. The molecule has 0 spiro atoms. The van der Waals surface area contributed by atoms with Crippen LogP contribution in [0.25, 0.3) is 0 Å². The van der Waals surface area contributed by atoms with E-state index in [4.69, 9.17) is 16.3 Å². The summed E-state index contributed by atoms with van der Waals surface area (Å²) in [7, 11) is 1.60. The zero-order chi connectivity index (χ0) is 11.5. The zero-order valence-corrected chi connectivity index (χ0v) is 10.4. The number of rotatable bonds is 3. The molecule has 1 saturated heterocycles. The third-order valence-corrected chi connectivity index (χ3v) is 3.38. The van der Waals surface area contributed by atoms with Crippen molar-refractivity contribution in [2.24, 2.45) is 5.92 Å². The number of hydrogen-bond donors (Lipinski definition) is 0. The maximum absolute atomic E-state index is 5.98. The first-order valence-electron chi connectivity index (χ1n) is 5.55. The minimum atomic E-state index is 0.382. The Balaban J connectivity index is 2.24. The first-order chi connectivity index (χ1) is 7.76. The summed E-state index contributed by atoms with van der Waals surface area (Å²) < 4.78 is 5.26. The number of methoxy groups -OCH3 is 1. The summed E-state index contributed by atoms with van der Waals surface area (Å²) in [6.07, 6.45) is 3.90. The van der Waals surface area contributed by atoms with Gasteiger partial charge in [0.2, 0.25) is 0 Å². The molecule has 2 rings (SSSR count). The fraction of sp³-hybridized carbons (Fsp3) is 0.636. The van der Waals surface area contributed by atoms with Crippen molar-refractivity contribution in [3.05, 3.63) is 11.5 Å². The van der Waals surface area contributed by atoms with E-state index < -0.39 is 0 Å². The second kappa shape index (κ2) is 4.87. The number of anilines is 1. The molecule has 0 aromatic carbocycles. The Kier molecular flexibility index (Phi) is 3.49. The van der Waals surface area contributed by atoms with Crippen LogP contribution in [0.4, 0.5) is 5.82 Å². The quantitative estimate of drug-likeness (QED) is 0.762. The molecular weight excluding hydrogens is 226 g/mol. The van der Waals surface area contributed by atoms with Crippen molar-refractivity contribution in [3.8, 4) is 5.75 Å². The molecule has 1 aliphatic heterocycles. The summed E-state index contributed by atoms with van der Waals surface area (Å²) in [6.45, 7) is 4.26. The Morgan fingerprint density at radius 3 is 3.00 bits per heavy atom. The minimum Gasteiger partial charge on any atom is -0.490 e. The van der Waals surface area contributed by atoms with E-state index in [-0.39, 0.29) is 0 Å². The molecule has 0 amide bonds. The van der Waals surface area contributed by atoms with Gasteiger partial charge in [-0.25, -0.2) is 9.97 Å². The van der Waals surface area contributed by atoms with Crippen molar-refractivity contribution in [2.45, 2.75) is 19.8 Å². The fourth-order valence-corrected chi connectivity index (χ4v) is 2.31. The highest BCUT2D eigenvalue weighted by molar-refractivity contribution is 6.31. The van der Waals surface area contributed by atoms with Crippen molar-refractivity contribution in [1.29, 1.82) is 0 Å². The van der Waals surface area contributed by atoms with Crippen molar-refractivity contribution >= 4 is 17.4 Å². The maximum atomic E-state index is 5.98. The van der Waals surface area contributed by atoms with E-state index in [1.807, 2.05) is 0 Å². The molecule has 0 bridgehead atoms. The molecule has 0 N–H and O–H groups in total. The van der Waals surface area contributed by atoms with E-state index in [2.05, 4.69) is 21.8 Å². The molecule has 1 fully saturated rings. The van der Waals surface area contributed by atoms with Gasteiger partial charge in [0.25, 0.3) is 0 Å². The molecule has 5 heteroatoms. The summed E-state index contributed by atoms with van der Waals surface area (Å²) in [6, 6.07) is 0.